The minimum absolute atomic E-state index is 0.418. The van der Waals surface area contributed by atoms with Gasteiger partial charge in [-0.2, -0.15) is 0 Å². The van der Waals surface area contributed by atoms with Gasteiger partial charge in [0.25, 0.3) is 0 Å². The van der Waals surface area contributed by atoms with Crippen molar-refractivity contribution in [3.05, 3.63) is 0 Å². The standard InChI is InChI=1S/C14H26O/c1-10(2)11(3)15-9-14(4)8-12-5-6-13(14)7-12/h10-13H,5-9H2,1-4H3. The van der Waals surface area contributed by atoms with E-state index < -0.39 is 0 Å². The number of hydrogen-bond donors (Lipinski definition) is 0. The first kappa shape index (κ1) is 11.4. The molecule has 0 aliphatic heterocycles. The Balaban J connectivity index is 1.84. The van der Waals surface area contributed by atoms with Crippen LogP contribution in [0.5, 0.6) is 0 Å². The van der Waals surface area contributed by atoms with Crippen LogP contribution in [0.4, 0.5) is 0 Å². The third-order valence-electron chi connectivity index (χ3n) is 4.90. The first-order valence-electron chi connectivity index (χ1n) is 6.63. The summed E-state index contributed by atoms with van der Waals surface area (Å²) in [4.78, 5) is 0. The van der Waals surface area contributed by atoms with E-state index >= 15 is 0 Å². The third kappa shape index (κ3) is 2.22. The first-order valence-corrected chi connectivity index (χ1v) is 6.63. The largest absolute Gasteiger partial charge is 0.378 e. The molecular weight excluding hydrogens is 184 g/mol. The van der Waals surface area contributed by atoms with Crippen LogP contribution in [0, 0.1) is 23.2 Å². The van der Waals surface area contributed by atoms with Crippen molar-refractivity contribution in [3.63, 3.8) is 0 Å². The summed E-state index contributed by atoms with van der Waals surface area (Å²) in [6.07, 6.45) is 6.26. The van der Waals surface area contributed by atoms with Gasteiger partial charge in [-0.1, -0.05) is 27.2 Å². The molecule has 0 aromatic rings. The van der Waals surface area contributed by atoms with Gasteiger partial charge < -0.3 is 4.74 Å². The monoisotopic (exact) mass is 210 g/mol. The minimum atomic E-state index is 0.418. The first-order chi connectivity index (χ1) is 7.01. The van der Waals surface area contributed by atoms with Gasteiger partial charge in [-0.3, -0.25) is 0 Å². The van der Waals surface area contributed by atoms with Crippen molar-refractivity contribution in [1.82, 2.24) is 0 Å². The van der Waals surface area contributed by atoms with Gasteiger partial charge in [0.1, 0.15) is 0 Å². The van der Waals surface area contributed by atoms with Crippen LogP contribution in [0.25, 0.3) is 0 Å². The normalized spacial score (nSPS) is 41.4. The van der Waals surface area contributed by atoms with E-state index in [4.69, 9.17) is 4.74 Å². The lowest BCUT2D eigenvalue weighted by Crippen LogP contribution is -2.32. The molecule has 0 amide bonds. The molecule has 2 fully saturated rings. The van der Waals surface area contributed by atoms with Crippen LogP contribution in [0.3, 0.4) is 0 Å². The number of rotatable bonds is 4. The summed E-state index contributed by atoms with van der Waals surface area (Å²) in [6.45, 7) is 10.1. The fourth-order valence-electron chi connectivity index (χ4n) is 3.41. The molecule has 0 radical (unpaired) electrons. The van der Waals surface area contributed by atoms with E-state index in [1.54, 1.807) is 0 Å². The average Bonchev–Trinajstić information content (AvgIpc) is 2.73. The molecule has 2 aliphatic carbocycles. The van der Waals surface area contributed by atoms with E-state index in [0.29, 0.717) is 17.4 Å². The van der Waals surface area contributed by atoms with Crippen molar-refractivity contribution in [1.29, 1.82) is 0 Å². The highest BCUT2D eigenvalue weighted by Gasteiger charge is 2.47. The second-order valence-corrected chi connectivity index (χ2v) is 6.49. The molecule has 0 N–H and O–H groups in total. The zero-order valence-electron chi connectivity index (χ0n) is 10.8. The Bertz CT molecular complexity index is 223. The van der Waals surface area contributed by atoms with Gasteiger partial charge >= 0.3 is 0 Å². The molecule has 4 atom stereocenters. The molecule has 0 spiro atoms. The smallest absolute Gasteiger partial charge is 0.0570 e. The molecule has 2 bridgehead atoms. The number of hydrogen-bond acceptors (Lipinski definition) is 1. The highest BCUT2D eigenvalue weighted by Crippen LogP contribution is 2.55. The lowest BCUT2D eigenvalue weighted by molar-refractivity contribution is -0.0349. The van der Waals surface area contributed by atoms with Crippen LogP contribution in [0.2, 0.25) is 0 Å². The maximum Gasteiger partial charge on any atom is 0.0570 e. The van der Waals surface area contributed by atoms with Crippen LogP contribution in [-0.4, -0.2) is 12.7 Å². The SMILES string of the molecule is CC(C)C(C)OCC1(C)CC2CCC1C2. The summed E-state index contributed by atoms with van der Waals surface area (Å²) in [7, 11) is 0. The van der Waals surface area contributed by atoms with Crippen molar-refractivity contribution in [3.8, 4) is 0 Å². The van der Waals surface area contributed by atoms with Crippen molar-refractivity contribution in [2.24, 2.45) is 23.2 Å². The summed E-state index contributed by atoms with van der Waals surface area (Å²) in [5, 5.41) is 0. The van der Waals surface area contributed by atoms with E-state index in [0.717, 1.165) is 18.4 Å². The van der Waals surface area contributed by atoms with Gasteiger partial charge in [0.2, 0.25) is 0 Å². The van der Waals surface area contributed by atoms with Crippen molar-refractivity contribution in [2.45, 2.75) is 59.5 Å². The summed E-state index contributed by atoms with van der Waals surface area (Å²) in [6, 6.07) is 0. The second-order valence-electron chi connectivity index (χ2n) is 6.49. The Morgan fingerprint density at radius 3 is 2.47 bits per heavy atom. The van der Waals surface area contributed by atoms with Gasteiger partial charge in [0, 0.05) is 0 Å². The van der Waals surface area contributed by atoms with Crippen LogP contribution >= 0.6 is 0 Å². The van der Waals surface area contributed by atoms with Crippen molar-refractivity contribution >= 4 is 0 Å². The summed E-state index contributed by atoms with van der Waals surface area (Å²) >= 11 is 0. The van der Waals surface area contributed by atoms with Gasteiger partial charge in [-0.15, -0.1) is 0 Å². The van der Waals surface area contributed by atoms with Gasteiger partial charge in [-0.25, -0.2) is 0 Å². The molecule has 0 aromatic heterocycles. The highest BCUT2D eigenvalue weighted by atomic mass is 16.5. The predicted molar refractivity (Wildman–Crippen MR) is 63.8 cm³/mol. The highest BCUT2D eigenvalue weighted by molar-refractivity contribution is 4.97. The Morgan fingerprint density at radius 2 is 2.00 bits per heavy atom. The number of ether oxygens (including phenoxy) is 1. The molecule has 15 heavy (non-hydrogen) atoms. The van der Waals surface area contributed by atoms with Crippen LogP contribution < -0.4 is 0 Å². The molecule has 0 aromatic carbocycles. The molecule has 2 rings (SSSR count). The van der Waals surface area contributed by atoms with Gasteiger partial charge in [-0.05, 0) is 49.4 Å². The zero-order valence-corrected chi connectivity index (χ0v) is 10.8. The predicted octanol–water partition coefficient (Wildman–Crippen LogP) is 3.87. The maximum absolute atomic E-state index is 6.04. The fourth-order valence-corrected chi connectivity index (χ4v) is 3.41. The van der Waals surface area contributed by atoms with E-state index in [9.17, 15) is 0 Å². The summed E-state index contributed by atoms with van der Waals surface area (Å²) in [5.41, 5.74) is 0.506. The van der Waals surface area contributed by atoms with Gasteiger partial charge in [0.05, 0.1) is 12.7 Å². The van der Waals surface area contributed by atoms with Crippen LogP contribution in [0.15, 0.2) is 0 Å². The van der Waals surface area contributed by atoms with Crippen molar-refractivity contribution in [2.75, 3.05) is 6.61 Å². The molecule has 1 heteroatoms. The van der Waals surface area contributed by atoms with Gasteiger partial charge in [0.15, 0.2) is 0 Å². The van der Waals surface area contributed by atoms with E-state index in [1.165, 1.54) is 25.7 Å². The van der Waals surface area contributed by atoms with Crippen LogP contribution in [-0.2, 0) is 4.74 Å². The Kier molecular flexibility index (Phi) is 3.12. The molecular formula is C14H26O. The summed E-state index contributed by atoms with van der Waals surface area (Å²) in [5.74, 6) is 2.63. The molecule has 4 unspecified atom stereocenters. The quantitative estimate of drug-likeness (QED) is 0.684. The molecule has 88 valence electrons. The lowest BCUT2D eigenvalue weighted by Gasteiger charge is -2.35. The maximum atomic E-state index is 6.04. The minimum Gasteiger partial charge on any atom is -0.378 e. The lowest BCUT2D eigenvalue weighted by atomic mass is 9.75. The molecule has 0 saturated heterocycles. The van der Waals surface area contributed by atoms with Crippen molar-refractivity contribution < 1.29 is 4.74 Å². The van der Waals surface area contributed by atoms with E-state index in [2.05, 4.69) is 27.7 Å². The molecule has 2 saturated carbocycles. The second kappa shape index (κ2) is 4.08. The summed E-state index contributed by atoms with van der Waals surface area (Å²) < 4.78 is 6.04. The fraction of sp³-hybridized carbons (Fsp3) is 1.00. The molecule has 1 nitrogen and oxygen atoms in total. The Hall–Kier alpha value is -0.0400. The zero-order chi connectivity index (χ0) is 11.1. The van der Waals surface area contributed by atoms with E-state index in [1.807, 2.05) is 0 Å². The molecule has 2 aliphatic rings. The Labute approximate surface area is 94.6 Å². The average molecular weight is 210 g/mol. The topological polar surface area (TPSA) is 9.23 Å². The molecule has 0 heterocycles. The van der Waals surface area contributed by atoms with E-state index in [-0.39, 0.29) is 0 Å². The number of fused-ring (bicyclic) bond motifs is 2. The van der Waals surface area contributed by atoms with Crippen LogP contribution in [0.1, 0.15) is 53.4 Å². The Morgan fingerprint density at radius 1 is 1.27 bits per heavy atom. The third-order valence-corrected chi connectivity index (χ3v) is 4.90.